The number of benzene rings is 2. The van der Waals surface area contributed by atoms with Gasteiger partial charge in [0.25, 0.3) is 5.91 Å². The summed E-state index contributed by atoms with van der Waals surface area (Å²) in [5, 5.41) is 7.20. The number of amides is 1. The van der Waals surface area contributed by atoms with Crippen LogP contribution in [0.2, 0.25) is 5.02 Å². The smallest absolute Gasteiger partial charge is 0.265 e. The average molecular weight is 494 g/mol. The second kappa shape index (κ2) is 10.1. The largest absolute Gasteiger partial charge is 0.380 e. The van der Waals surface area contributed by atoms with Crippen LogP contribution in [0.1, 0.15) is 15.9 Å². The molecule has 2 aromatic carbocycles. The van der Waals surface area contributed by atoms with E-state index in [-0.39, 0.29) is 5.91 Å². The number of para-hydroxylation sites is 1. The summed E-state index contributed by atoms with van der Waals surface area (Å²) in [6.07, 6.45) is 1.57. The molecule has 9 nitrogen and oxygen atoms in total. The minimum atomic E-state index is -0.180. The molecule has 1 amide bonds. The van der Waals surface area contributed by atoms with Crippen LogP contribution in [0.5, 0.6) is 0 Å². The first-order chi connectivity index (χ1) is 17.0. The maximum Gasteiger partial charge on any atom is 0.265 e. The number of nitrogens with one attached hydrogen (secondary N) is 2. The second-order valence-corrected chi connectivity index (χ2v) is 9.00. The first-order valence-electron chi connectivity index (χ1n) is 11.5. The van der Waals surface area contributed by atoms with Crippen LogP contribution in [-0.2, 0) is 11.3 Å². The van der Waals surface area contributed by atoms with E-state index in [4.69, 9.17) is 16.3 Å². The van der Waals surface area contributed by atoms with E-state index in [0.29, 0.717) is 41.3 Å². The highest BCUT2D eigenvalue weighted by Gasteiger charge is 2.31. The molecule has 2 aliphatic rings. The summed E-state index contributed by atoms with van der Waals surface area (Å²) >= 11 is 6.34. The molecule has 5 rings (SSSR count). The van der Waals surface area contributed by atoms with Gasteiger partial charge in [-0.15, -0.1) is 0 Å². The van der Waals surface area contributed by atoms with Crippen LogP contribution in [-0.4, -0.2) is 62.9 Å². The van der Waals surface area contributed by atoms with Crippen molar-refractivity contribution in [2.24, 2.45) is 0 Å². The van der Waals surface area contributed by atoms with Crippen LogP contribution in [0.4, 0.5) is 28.8 Å². The molecule has 2 aliphatic heterocycles. The highest BCUT2D eigenvalue weighted by molar-refractivity contribution is 6.34. The van der Waals surface area contributed by atoms with Crippen molar-refractivity contribution in [3.63, 3.8) is 0 Å². The van der Waals surface area contributed by atoms with E-state index >= 15 is 0 Å². The number of methoxy groups -OCH3 is 1. The number of hydrogen-bond donors (Lipinski definition) is 2. The van der Waals surface area contributed by atoms with E-state index in [2.05, 4.69) is 37.6 Å². The fourth-order valence-corrected chi connectivity index (χ4v) is 4.74. The number of aromatic nitrogens is 2. The summed E-state index contributed by atoms with van der Waals surface area (Å²) in [5.41, 5.74) is 4.22. The number of carbonyl (C=O) groups excluding carboxylic acids is 1. The molecule has 0 atom stereocenters. The van der Waals surface area contributed by atoms with Crippen LogP contribution in [0.3, 0.4) is 0 Å². The molecule has 0 radical (unpaired) electrons. The van der Waals surface area contributed by atoms with Crippen molar-refractivity contribution >= 4 is 46.3 Å². The van der Waals surface area contributed by atoms with Crippen molar-refractivity contribution in [2.45, 2.75) is 6.61 Å². The molecule has 182 valence electrons. The van der Waals surface area contributed by atoms with Crippen molar-refractivity contribution in [3.8, 4) is 0 Å². The molecule has 1 aromatic heterocycles. The maximum absolute atomic E-state index is 13.2. The molecule has 3 aromatic rings. The zero-order valence-corrected chi connectivity index (χ0v) is 20.5. The van der Waals surface area contributed by atoms with Gasteiger partial charge in [0.15, 0.2) is 0 Å². The molecule has 2 N–H and O–H groups in total. The quantitative estimate of drug-likeness (QED) is 0.540. The van der Waals surface area contributed by atoms with Gasteiger partial charge in [-0.05, 0) is 30.3 Å². The number of halogens is 1. The Morgan fingerprint density at radius 2 is 1.94 bits per heavy atom. The summed E-state index contributed by atoms with van der Waals surface area (Å²) in [4.78, 5) is 28.2. The van der Waals surface area contributed by atoms with Gasteiger partial charge in [-0.2, -0.15) is 4.98 Å². The van der Waals surface area contributed by atoms with Crippen LogP contribution in [0, 0.1) is 0 Å². The highest BCUT2D eigenvalue weighted by Crippen LogP contribution is 2.33. The van der Waals surface area contributed by atoms with Crippen molar-refractivity contribution in [3.05, 3.63) is 64.8 Å². The number of ether oxygens (including phenoxy) is 1. The molecular weight excluding hydrogens is 466 g/mol. The highest BCUT2D eigenvalue weighted by atomic mass is 35.5. The second-order valence-electron chi connectivity index (χ2n) is 8.59. The zero-order valence-electron chi connectivity index (χ0n) is 19.8. The van der Waals surface area contributed by atoms with E-state index in [1.54, 1.807) is 24.3 Å². The first-order valence-corrected chi connectivity index (χ1v) is 11.9. The summed E-state index contributed by atoms with van der Waals surface area (Å²) in [7, 11) is 3.60. The maximum atomic E-state index is 13.2. The summed E-state index contributed by atoms with van der Waals surface area (Å²) in [6, 6.07) is 13.5. The summed E-state index contributed by atoms with van der Waals surface area (Å²) < 4.78 is 5.46. The Bertz CT molecular complexity index is 1230. The Balaban J connectivity index is 1.39. The lowest BCUT2D eigenvalue weighted by molar-refractivity contribution is 0.0982. The van der Waals surface area contributed by atoms with Crippen LogP contribution in [0.15, 0.2) is 48.7 Å². The minimum Gasteiger partial charge on any atom is -0.380 e. The standard InChI is InChI=1S/C25H28ClN7O2/c1-31-16-33(22-6-4-3-5-20(22)26)24(34)19-14-28-25(30-23(19)31)29-18-7-8-21(17(13-18)15-35-2)32-11-9-27-10-12-32/h3-8,13-14,27H,9-12,15-16H2,1-2H3,(H,28,29,30). The van der Waals surface area contributed by atoms with E-state index in [0.717, 1.165) is 37.4 Å². The molecule has 1 saturated heterocycles. The van der Waals surface area contributed by atoms with Gasteiger partial charge in [0.2, 0.25) is 5.95 Å². The van der Waals surface area contributed by atoms with Gasteiger partial charge in [-0.1, -0.05) is 23.7 Å². The lowest BCUT2D eigenvalue weighted by Crippen LogP contribution is -2.46. The Morgan fingerprint density at radius 1 is 1.14 bits per heavy atom. The Morgan fingerprint density at radius 3 is 2.71 bits per heavy atom. The van der Waals surface area contributed by atoms with Gasteiger partial charge in [0.05, 0.1) is 24.0 Å². The predicted molar refractivity (Wildman–Crippen MR) is 139 cm³/mol. The molecular formula is C25H28ClN7O2. The number of hydrogen-bond acceptors (Lipinski definition) is 8. The van der Waals surface area contributed by atoms with E-state index in [1.165, 1.54) is 5.69 Å². The number of anilines is 5. The third-order valence-corrected chi connectivity index (χ3v) is 6.52. The summed E-state index contributed by atoms with van der Waals surface area (Å²) in [5.74, 6) is 0.818. The fraction of sp³-hybridized carbons (Fsp3) is 0.320. The number of rotatable bonds is 6. The lowest BCUT2D eigenvalue weighted by Gasteiger charge is -2.35. The molecule has 10 heteroatoms. The molecule has 35 heavy (non-hydrogen) atoms. The van der Waals surface area contributed by atoms with Crippen LogP contribution < -0.4 is 25.3 Å². The van der Waals surface area contributed by atoms with Gasteiger partial charge in [-0.25, -0.2) is 4.98 Å². The fourth-order valence-electron chi connectivity index (χ4n) is 4.50. The van der Waals surface area contributed by atoms with Crippen molar-refractivity contribution in [1.29, 1.82) is 0 Å². The van der Waals surface area contributed by atoms with Gasteiger partial charge in [0, 0.05) is 63.5 Å². The first kappa shape index (κ1) is 23.3. The third-order valence-electron chi connectivity index (χ3n) is 6.20. The van der Waals surface area contributed by atoms with Crippen molar-refractivity contribution < 1.29 is 9.53 Å². The van der Waals surface area contributed by atoms with Crippen molar-refractivity contribution in [1.82, 2.24) is 15.3 Å². The Kier molecular flexibility index (Phi) is 6.72. The van der Waals surface area contributed by atoms with Crippen LogP contribution in [0.25, 0.3) is 0 Å². The molecule has 0 saturated carbocycles. The van der Waals surface area contributed by atoms with Gasteiger partial charge >= 0.3 is 0 Å². The van der Waals surface area contributed by atoms with Gasteiger partial charge in [0.1, 0.15) is 11.4 Å². The molecule has 1 fully saturated rings. The van der Waals surface area contributed by atoms with Gasteiger partial charge in [-0.3, -0.25) is 9.69 Å². The third kappa shape index (κ3) is 4.75. The number of fused-ring (bicyclic) bond motifs is 1. The minimum absolute atomic E-state index is 0.180. The summed E-state index contributed by atoms with van der Waals surface area (Å²) in [6.45, 7) is 4.70. The molecule has 3 heterocycles. The molecule has 0 spiro atoms. The van der Waals surface area contributed by atoms with Crippen molar-refractivity contribution in [2.75, 3.05) is 67.0 Å². The molecule has 0 bridgehead atoms. The van der Waals surface area contributed by atoms with E-state index < -0.39 is 0 Å². The monoisotopic (exact) mass is 493 g/mol. The number of nitrogens with zero attached hydrogens (tertiary/aromatic N) is 5. The zero-order chi connectivity index (χ0) is 24.4. The number of piperazine rings is 1. The number of carbonyl (C=O) groups is 1. The topological polar surface area (TPSA) is 85.9 Å². The van der Waals surface area contributed by atoms with Crippen LogP contribution >= 0.6 is 11.6 Å². The Labute approximate surface area is 209 Å². The Hall–Kier alpha value is -3.40. The molecule has 0 aliphatic carbocycles. The van der Waals surface area contributed by atoms with E-state index in [9.17, 15) is 4.79 Å². The normalized spacial score (nSPS) is 15.9. The van der Waals surface area contributed by atoms with E-state index in [1.807, 2.05) is 36.2 Å². The average Bonchev–Trinajstić information content (AvgIpc) is 2.88. The predicted octanol–water partition coefficient (Wildman–Crippen LogP) is 3.48. The molecule has 0 unspecified atom stereocenters. The van der Waals surface area contributed by atoms with Gasteiger partial charge < -0.3 is 25.2 Å². The lowest BCUT2D eigenvalue weighted by atomic mass is 10.1. The SMILES string of the molecule is COCc1cc(Nc2ncc3c(n2)N(C)CN(c2ccccc2Cl)C3=O)ccc1N1CCNCC1.